The van der Waals surface area contributed by atoms with Gasteiger partial charge in [-0.3, -0.25) is 0 Å². The third-order valence-corrected chi connectivity index (χ3v) is 4.99. The summed E-state index contributed by atoms with van der Waals surface area (Å²) in [5.41, 5.74) is 0. The van der Waals surface area contributed by atoms with Crippen molar-refractivity contribution in [2.24, 2.45) is 7.05 Å². The fourth-order valence-electron chi connectivity index (χ4n) is 1.96. The van der Waals surface area contributed by atoms with Crippen LogP contribution in [-0.2, 0) is 17.1 Å². The minimum Gasteiger partial charge on any atom is -0.337 e. The van der Waals surface area contributed by atoms with Crippen molar-refractivity contribution in [2.45, 2.75) is 24.4 Å². The Kier molecular flexibility index (Phi) is 4.77. The third kappa shape index (κ3) is 2.69. The maximum atomic E-state index is 12.3. The number of rotatable bonds is 3. The molecule has 1 N–H and O–H groups in total. The van der Waals surface area contributed by atoms with Crippen molar-refractivity contribution in [1.82, 2.24) is 19.2 Å². The summed E-state index contributed by atoms with van der Waals surface area (Å²) >= 11 is 0. The molecule has 0 bridgehead atoms. The molecule has 0 radical (unpaired) electrons. The first-order valence-electron chi connectivity index (χ1n) is 5.62. The molecule has 0 saturated carbocycles. The van der Waals surface area contributed by atoms with Crippen LogP contribution < -0.4 is 5.32 Å². The highest BCUT2D eigenvalue weighted by molar-refractivity contribution is 7.89. The van der Waals surface area contributed by atoms with E-state index in [2.05, 4.69) is 10.3 Å². The molecule has 1 saturated heterocycles. The first-order chi connectivity index (χ1) is 7.95. The molecular formula is C10H19ClN4O2S. The van der Waals surface area contributed by atoms with Gasteiger partial charge in [-0.1, -0.05) is 0 Å². The van der Waals surface area contributed by atoms with Gasteiger partial charge in [-0.2, -0.15) is 4.31 Å². The first-order valence-corrected chi connectivity index (χ1v) is 7.06. The Labute approximate surface area is 114 Å². The van der Waals surface area contributed by atoms with Crippen molar-refractivity contribution in [3.8, 4) is 0 Å². The average molecular weight is 295 g/mol. The molecule has 0 spiro atoms. The molecule has 6 nitrogen and oxygen atoms in total. The fraction of sp³-hybridized carbons (Fsp3) is 0.700. The van der Waals surface area contributed by atoms with Gasteiger partial charge in [0.05, 0.1) is 0 Å². The summed E-state index contributed by atoms with van der Waals surface area (Å²) in [7, 11) is 0.224. The lowest BCUT2D eigenvalue weighted by atomic mass is 10.3. The standard InChI is InChI=1S/C10H18N4O2S.ClH/c1-8-12-10(7-13(8)3)17(15,16)14-5-4-9(6-14)11-2;/h7,9,11H,4-6H2,1-3H3;1H. The third-order valence-electron chi connectivity index (χ3n) is 3.25. The van der Waals surface area contributed by atoms with Crippen LogP contribution >= 0.6 is 12.4 Å². The molecular weight excluding hydrogens is 276 g/mol. The van der Waals surface area contributed by atoms with E-state index in [1.807, 2.05) is 7.05 Å². The molecule has 1 atom stereocenters. The fourth-order valence-corrected chi connectivity index (χ4v) is 3.49. The van der Waals surface area contributed by atoms with Crippen molar-refractivity contribution < 1.29 is 8.42 Å². The Bertz CT molecular complexity index is 494. The number of likely N-dealkylation sites (N-methyl/N-ethyl adjacent to an activating group) is 1. The van der Waals surface area contributed by atoms with E-state index >= 15 is 0 Å². The minimum atomic E-state index is -3.42. The van der Waals surface area contributed by atoms with Crippen LogP contribution in [0.15, 0.2) is 11.2 Å². The van der Waals surface area contributed by atoms with Crippen molar-refractivity contribution in [1.29, 1.82) is 0 Å². The summed E-state index contributed by atoms with van der Waals surface area (Å²) in [5.74, 6) is 0.702. The molecule has 2 heterocycles. The lowest BCUT2D eigenvalue weighted by molar-refractivity contribution is 0.462. The van der Waals surface area contributed by atoms with Crippen LogP contribution in [0.3, 0.4) is 0 Å². The van der Waals surface area contributed by atoms with E-state index in [4.69, 9.17) is 0 Å². The zero-order valence-corrected chi connectivity index (χ0v) is 12.4. The van der Waals surface area contributed by atoms with Gasteiger partial charge in [0.1, 0.15) is 5.82 Å². The molecule has 0 amide bonds. The monoisotopic (exact) mass is 294 g/mol. The molecule has 1 aromatic rings. The van der Waals surface area contributed by atoms with Crippen molar-refractivity contribution in [2.75, 3.05) is 20.1 Å². The topological polar surface area (TPSA) is 67.2 Å². The predicted molar refractivity (Wildman–Crippen MR) is 71.4 cm³/mol. The summed E-state index contributed by atoms with van der Waals surface area (Å²) in [6.07, 6.45) is 2.42. The van der Waals surface area contributed by atoms with E-state index < -0.39 is 10.0 Å². The van der Waals surface area contributed by atoms with Gasteiger partial charge in [0.25, 0.3) is 10.0 Å². The largest absolute Gasteiger partial charge is 0.337 e. The smallest absolute Gasteiger partial charge is 0.262 e. The van der Waals surface area contributed by atoms with Crippen LogP contribution in [0.1, 0.15) is 12.2 Å². The second kappa shape index (κ2) is 5.56. The summed E-state index contributed by atoms with van der Waals surface area (Å²) in [4.78, 5) is 4.09. The van der Waals surface area contributed by atoms with Gasteiger partial charge in [0, 0.05) is 32.4 Å². The van der Waals surface area contributed by atoms with Crippen molar-refractivity contribution >= 4 is 22.4 Å². The second-order valence-electron chi connectivity index (χ2n) is 4.37. The summed E-state index contributed by atoms with van der Waals surface area (Å²) in [6, 6.07) is 0.245. The van der Waals surface area contributed by atoms with E-state index in [9.17, 15) is 8.42 Å². The summed E-state index contributed by atoms with van der Waals surface area (Å²) in [5, 5.41) is 3.25. The Morgan fingerprint density at radius 3 is 2.61 bits per heavy atom. The Morgan fingerprint density at radius 1 is 1.50 bits per heavy atom. The number of halogens is 1. The number of sulfonamides is 1. The van der Waals surface area contributed by atoms with Gasteiger partial charge in [-0.05, 0) is 20.4 Å². The maximum Gasteiger partial charge on any atom is 0.262 e. The molecule has 104 valence electrons. The Morgan fingerprint density at radius 2 is 2.17 bits per heavy atom. The molecule has 2 rings (SSSR count). The number of aromatic nitrogens is 2. The number of hydrogen-bond acceptors (Lipinski definition) is 4. The summed E-state index contributed by atoms with van der Waals surface area (Å²) in [6.45, 7) is 2.87. The Balaban J connectivity index is 0.00000162. The number of nitrogens with zero attached hydrogens (tertiary/aromatic N) is 3. The van der Waals surface area contributed by atoms with E-state index in [1.54, 1.807) is 24.7 Å². The lowest BCUT2D eigenvalue weighted by Crippen LogP contribution is -2.33. The molecule has 8 heteroatoms. The van der Waals surface area contributed by atoms with Crippen LogP contribution in [0, 0.1) is 6.92 Å². The quantitative estimate of drug-likeness (QED) is 0.861. The number of aryl methyl sites for hydroxylation is 2. The lowest BCUT2D eigenvalue weighted by Gasteiger charge is -2.14. The van der Waals surface area contributed by atoms with Crippen molar-refractivity contribution in [3.63, 3.8) is 0 Å². The van der Waals surface area contributed by atoms with Gasteiger partial charge in [-0.15, -0.1) is 12.4 Å². The van der Waals surface area contributed by atoms with Crippen molar-refractivity contribution in [3.05, 3.63) is 12.0 Å². The number of hydrogen-bond donors (Lipinski definition) is 1. The predicted octanol–water partition coefficient (Wildman–Crippen LogP) is 0.133. The number of imidazole rings is 1. The van der Waals surface area contributed by atoms with Gasteiger partial charge in [0.15, 0.2) is 5.03 Å². The molecule has 18 heavy (non-hydrogen) atoms. The van der Waals surface area contributed by atoms with Gasteiger partial charge >= 0.3 is 0 Å². The zero-order chi connectivity index (χ0) is 12.6. The molecule has 0 aliphatic carbocycles. The van der Waals surface area contributed by atoms with Crippen LogP contribution in [0.5, 0.6) is 0 Å². The maximum absolute atomic E-state index is 12.3. The number of nitrogens with one attached hydrogen (secondary N) is 1. The Hall–Kier alpha value is -0.630. The molecule has 1 unspecified atom stereocenters. The van der Waals surface area contributed by atoms with Crippen LogP contribution in [0.2, 0.25) is 0 Å². The molecule has 0 aromatic carbocycles. The van der Waals surface area contributed by atoms with Gasteiger partial charge < -0.3 is 9.88 Å². The van der Waals surface area contributed by atoms with Crippen LogP contribution in [-0.4, -0.2) is 48.5 Å². The summed E-state index contributed by atoms with van der Waals surface area (Å²) < 4.78 is 27.8. The van der Waals surface area contributed by atoms with Gasteiger partial charge in [-0.25, -0.2) is 13.4 Å². The van der Waals surface area contributed by atoms with Crippen LogP contribution in [0.25, 0.3) is 0 Å². The SMILES string of the molecule is CNC1CCN(S(=O)(=O)c2cn(C)c(C)n2)C1.Cl. The van der Waals surface area contributed by atoms with E-state index in [1.165, 1.54) is 4.31 Å². The highest BCUT2D eigenvalue weighted by Crippen LogP contribution is 2.20. The minimum absolute atomic E-state index is 0. The van der Waals surface area contributed by atoms with E-state index in [-0.39, 0.29) is 23.5 Å². The van der Waals surface area contributed by atoms with E-state index in [0.29, 0.717) is 18.9 Å². The molecule has 1 aliphatic rings. The van der Waals surface area contributed by atoms with E-state index in [0.717, 1.165) is 6.42 Å². The van der Waals surface area contributed by atoms with Gasteiger partial charge in [0.2, 0.25) is 0 Å². The van der Waals surface area contributed by atoms with Crippen LogP contribution in [0.4, 0.5) is 0 Å². The first kappa shape index (κ1) is 15.4. The molecule has 1 fully saturated rings. The second-order valence-corrected chi connectivity index (χ2v) is 6.26. The normalized spacial score (nSPS) is 20.9. The average Bonchev–Trinajstić information content (AvgIpc) is 2.87. The molecule has 1 aromatic heterocycles. The highest BCUT2D eigenvalue weighted by atomic mass is 35.5. The molecule has 1 aliphatic heterocycles. The highest BCUT2D eigenvalue weighted by Gasteiger charge is 2.33. The zero-order valence-electron chi connectivity index (χ0n) is 10.8.